The molecule has 6 rings (SSSR count). The van der Waals surface area contributed by atoms with Gasteiger partial charge in [0.05, 0.1) is 32.5 Å². The molecule has 4 aromatic rings. The first-order valence-electron chi connectivity index (χ1n) is 13.0. The van der Waals surface area contributed by atoms with Crippen LogP contribution in [0.3, 0.4) is 0 Å². The number of anilines is 2. The van der Waals surface area contributed by atoms with Gasteiger partial charge in [0.2, 0.25) is 0 Å². The summed E-state index contributed by atoms with van der Waals surface area (Å²) in [4.78, 5) is 9.06. The van der Waals surface area contributed by atoms with E-state index in [-0.39, 0.29) is 12.1 Å². The van der Waals surface area contributed by atoms with Crippen molar-refractivity contribution in [3.63, 3.8) is 0 Å². The summed E-state index contributed by atoms with van der Waals surface area (Å²) in [5.41, 5.74) is 3.53. The van der Waals surface area contributed by atoms with Crippen LogP contribution in [0.4, 0.5) is 11.4 Å². The SMILES string of the molecule is CC1CCN(c2ccc(N3C(=S)N[C@H](c4ccccn4)[C@H]3c3ccc(-c4cccc(Cl)c4Cl)o3)cc2Cl)CC1. The summed E-state index contributed by atoms with van der Waals surface area (Å²) < 4.78 is 6.45. The van der Waals surface area contributed by atoms with E-state index >= 15 is 0 Å². The Morgan fingerprint density at radius 2 is 1.77 bits per heavy atom. The van der Waals surface area contributed by atoms with Crippen molar-refractivity contribution < 1.29 is 4.42 Å². The molecule has 2 aromatic carbocycles. The Bertz CT molecular complexity index is 1500. The highest BCUT2D eigenvalue weighted by Crippen LogP contribution is 2.45. The molecule has 0 bridgehead atoms. The van der Waals surface area contributed by atoms with Crippen molar-refractivity contribution in [2.24, 2.45) is 5.92 Å². The third-order valence-corrected chi connectivity index (χ3v) is 9.00. The number of nitrogens with zero attached hydrogens (tertiary/aromatic N) is 3. The van der Waals surface area contributed by atoms with Crippen LogP contribution in [0.5, 0.6) is 0 Å². The van der Waals surface area contributed by atoms with Crippen LogP contribution >= 0.6 is 47.0 Å². The van der Waals surface area contributed by atoms with Crippen LogP contribution in [0, 0.1) is 5.92 Å². The van der Waals surface area contributed by atoms with Gasteiger partial charge in [-0.1, -0.05) is 53.9 Å². The van der Waals surface area contributed by atoms with E-state index < -0.39 is 0 Å². The molecule has 2 aliphatic rings. The fourth-order valence-corrected chi connectivity index (χ4v) is 6.46. The molecule has 0 saturated carbocycles. The maximum Gasteiger partial charge on any atom is 0.174 e. The number of hydrogen-bond acceptors (Lipinski definition) is 4. The average Bonchev–Trinajstić information content (AvgIpc) is 3.56. The fourth-order valence-electron chi connectivity index (χ4n) is 5.42. The molecule has 0 aliphatic carbocycles. The summed E-state index contributed by atoms with van der Waals surface area (Å²) in [5, 5.41) is 5.68. The molecule has 4 heterocycles. The summed E-state index contributed by atoms with van der Waals surface area (Å²) >= 11 is 25.6. The van der Waals surface area contributed by atoms with Gasteiger partial charge in [0, 0.05) is 30.5 Å². The number of hydrogen-bond donors (Lipinski definition) is 1. The van der Waals surface area contributed by atoms with Gasteiger partial charge in [-0.05, 0) is 85.6 Å². The number of halogens is 3. The lowest BCUT2D eigenvalue weighted by molar-refractivity contribution is 0.438. The molecule has 2 atom stereocenters. The van der Waals surface area contributed by atoms with E-state index in [1.54, 1.807) is 12.3 Å². The second-order valence-corrected chi connectivity index (χ2v) is 11.7. The van der Waals surface area contributed by atoms with Crippen molar-refractivity contribution in [1.29, 1.82) is 0 Å². The van der Waals surface area contributed by atoms with E-state index in [4.69, 9.17) is 51.4 Å². The first-order valence-corrected chi connectivity index (χ1v) is 14.5. The lowest BCUT2D eigenvalue weighted by Crippen LogP contribution is -2.33. The molecule has 2 saturated heterocycles. The third-order valence-electron chi connectivity index (χ3n) is 7.57. The summed E-state index contributed by atoms with van der Waals surface area (Å²) in [6.45, 7) is 4.33. The minimum Gasteiger partial charge on any atom is -0.459 e. The Balaban J connectivity index is 1.39. The van der Waals surface area contributed by atoms with Gasteiger partial charge in [-0.2, -0.15) is 0 Å². The summed E-state index contributed by atoms with van der Waals surface area (Å²) in [7, 11) is 0. The molecule has 0 unspecified atom stereocenters. The quantitative estimate of drug-likeness (QED) is 0.232. The van der Waals surface area contributed by atoms with Crippen molar-refractivity contribution in [1.82, 2.24) is 10.3 Å². The maximum absolute atomic E-state index is 6.89. The molecular weight excluding hydrogens is 571 g/mol. The zero-order valence-electron chi connectivity index (χ0n) is 21.3. The summed E-state index contributed by atoms with van der Waals surface area (Å²) in [6, 6.07) is 20.9. The first-order chi connectivity index (χ1) is 18.9. The Kier molecular flexibility index (Phi) is 7.47. The van der Waals surface area contributed by atoms with Gasteiger partial charge in [0.15, 0.2) is 5.11 Å². The number of aromatic nitrogens is 1. The molecule has 0 amide bonds. The van der Waals surface area contributed by atoms with Crippen molar-refractivity contribution in [3.05, 3.63) is 99.4 Å². The lowest BCUT2D eigenvalue weighted by atomic mass is 9.98. The molecule has 5 nitrogen and oxygen atoms in total. The Labute approximate surface area is 248 Å². The number of pyridine rings is 1. The minimum atomic E-state index is -0.308. The van der Waals surface area contributed by atoms with Crippen LogP contribution in [0.25, 0.3) is 11.3 Å². The van der Waals surface area contributed by atoms with Crippen molar-refractivity contribution in [2.45, 2.75) is 31.8 Å². The highest BCUT2D eigenvalue weighted by Gasteiger charge is 2.43. The van der Waals surface area contributed by atoms with E-state index in [9.17, 15) is 0 Å². The molecule has 2 aromatic heterocycles. The lowest BCUT2D eigenvalue weighted by Gasteiger charge is -2.33. The number of piperidine rings is 1. The number of nitrogens with one attached hydrogen (secondary N) is 1. The van der Waals surface area contributed by atoms with Crippen LogP contribution in [0.15, 0.2) is 77.3 Å². The van der Waals surface area contributed by atoms with Gasteiger partial charge in [0.25, 0.3) is 0 Å². The van der Waals surface area contributed by atoms with Gasteiger partial charge in [-0.15, -0.1) is 0 Å². The molecule has 39 heavy (non-hydrogen) atoms. The first kappa shape index (κ1) is 26.5. The van der Waals surface area contributed by atoms with E-state index in [0.717, 1.165) is 41.6 Å². The van der Waals surface area contributed by atoms with Crippen molar-refractivity contribution in [3.8, 4) is 11.3 Å². The molecule has 2 fully saturated rings. The fraction of sp³-hybridized carbons (Fsp3) is 0.267. The summed E-state index contributed by atoms with van der Waals surface area (Å²) in [6.07, 6.45) is 4.12. The van der Waals surface area contributed by atoms with Gasteiger partial charge >= 0.3 is 0 Å². The van der Waals surface area contributed by atoms with E-state index in [1.807, 2.05) is 48.5 Å². The van der Waals surface area contributed by atoms with Crippen LogP contribution in [-0.2, 0) is 0 Å². The Hall–Kier alpha value is -2.77. The van der Waals surface area contributed by atoms with Crippen LogP contribution < -0.4 is 15.1 Å². The van der Waals surface area contributed by atoms with Crippen LogP contribution in [-0.4, -0.2) is 23.2 Å². The second-order valence-electron chi connectivity index (χ2n) is 10.1. The smallest absolute Gasteiger partial charge is 0.174 e. The Morgan fingerprint density at radius 3 is 2.51 bits per heavy atom. The number of benzene rings is 2. The zero-order chi connectivity index (χ0) is 27.1. The molecule has 1 N–H and O–H groups in total. The van der Waals surface area contributed by atoms with E-state index in [0.29, 0.717) is 31.7 Å². The highest BCUT2D eigenvalue weighted by atomic mass is 35.5. The maximum atomic E-state index is 6.89. The second kappa shape index (κ2) is 11.0. The average molecular weight is 598 g/mol. The topological polar surface area (TPSA) is 44.5 Å². The van der Waals surface area contributed by atoms with Crippen LogP contribution in [0.2, 0.25) is 15.1 Å². The zero-order valence-corrected chi connectivity index (χ0v) is 24.4. The largest absolute Gasteiger partial charge is 0.459 e. The van der Waals surface area contributed by atoms with Crippen LogP contribution in [0.1, 0.15) is 43.3 Å². The number of furan rings is 1. The highest BCUT2D eigenvalue weighted by molar-refractivity contribution is 7.80. The van der Waals surface area contributed by atoms with E-state index in [1.165, 1.54) is 12.8 Å². The van der Waals surface area contributed by atoms with Gasteiger partial charge < -0.3 is 19.5 Å². The van der Waals surface area contributed by atoms with E-state index in [2.05, 4.69) is 39.2 Å². The molecule has 200 valence electrons. The molecular formula is C30H27Cl3N4OS. The van der Waals surface area contributed by atoms with Gasteiger partial charge in [-0.25, -0.2) is 0 Å². The molecule has 0 radical (unpaired) electrons. The molecule has 2 aliphatic heterocycles. The number of thiocarbonyl (C=S) groups is 1. The monoisotopic (exact) mass is 596 g/mol. The molecule has 0 spiro atoms. The van der Waals surface area contributed by atoms with Crippen molar-refractivity contribution >= 4 is 63.5 Å². The predicted octanol–water partition coefficient (Wildman–Crippen LogP) is 8.72. The standard InChI is InChI=1S/C30H27Cl3N4OS/c1-18-12-15-36(16-13-18)24-9-8-19(17-22(24)32)37-29(28(35-30(37)39)23-7-2-3-14-34-23)26-11-10-25(38-26)20-5-4-6-21(31)27(20)33/h2-11,14,17-18,28-29H,12-13,15-16H2,1H3,(H,35,39)/t28-,29-/m1/s1. The Morgan fingerprint density at radius 1 is 0.949 bits per heavy atom. The normalized spacial score (nSPS) is 19.9. The molecule has 9 heteroatoms. The summed E-state index contributed by atoms with van der Waals surface area (Å²) in [5.74, 6) is 2.09. The van der Waals surface area contributed by atoms with Gasteiger partial charge in [-0.3, -0.25) is 4.98 Å². The predicted molar refractivity (Wildman–Crippen MR) is 164 cm³/mol. The van der Waals surface area contributed by atoms with Crippen molar-refractivity contribution in [2.75, 3.05) is 22.9 Å². The minimum absolute atomic E-state index is 0.241. The third kappa shape index (κ3) is 5.11. The van der Waals surface area contributed by atoms with Gasteiger partial charge in [0.1, 0.15) is 17.6 Å². The number of rotatable bonds is 5.